The van der Waals surface area contributed by atoms with Crippen LogP contribution in [0.25, 0.3) is 0 Å². The van der Waals surface area contributed by atoms with Crippen LogP contribution in [-0.2, 0) is 19.1 Å². The minimum atomic E-state index is -0.465. The number of allylic oxidation sites excluding steroid dienone is 1. The lowest BCUT2D eigenvalue weighted by atomic mass is 9.92. The molecule has 0 saturated heterocycles. The van der Waals surface area contributed by atoms with Crippen LogP contribution in [0.5, 0.6) is 0 Å². The number of carbonyl (C=O) groups excluding carboxylic acids is 2. The van der Waals surface area contributed by atoms with E-state index in [4.69, 9.17) is 9.47 Å². The largest absolute Gasteiger partial charge is 0.469 e. The third kappa shape index (κ3) is 3.92. The van der Waals surface area contributed by atoms with E-state index in [1.807, 2.05) is 65.6 Å². The summed E-state index contributed by atoms with van der Waals surface area (Å²) in [4.78, 5) is 26.5. The SMILES string of the molecule is COC(=O)C1=C(N(c2ccccc2)c2ccccc2)CC(C(=O)OC)C=C1. The second-order valence-corrected chi connectivity index (χ2v) is 6.05. The fourth-order valence-electron chi connectivity index (χ4n) is 3.13. The highest BCUT2D eigenvalue weighted by atomic mass is 16.5. The summed E-state index contributed by atoms with van der Waals surface area (Å²) in [6, 6.07) is 19.4. The lowest BCUT2D eigenvalue weighted by molar-refractivity contribution is -0.144. The van der Waals surface area contributed by atoms with Gasteiger partial charge in [-0.05, 0) is 30.3 Å². The van der Waals surface area contributed by atoms with Crippen molar-refractivity contribution in [2.24, 2.45) is 5.92 Å². The number of benzene rings is 2. The number of nitrogens with zero attached hydrogens (tertiary/aromatic N) is 1. The summed E-state index contributed by atoms with van der Waals surface area (Å²) in [7, 11) is 2.71. The predicted octanol–water partition coefficient (Wildman–Crippen LogP) is 4.00. The van der Waals surface area contributed by atoms with Crippen LogP contribution >= 0.6 is 0 Å². The quantitative estimate of drug-likeness (QED) is 0.752. The summed E-state index contributed by atoms with van der Waals surface area (Å²) in [5.41, 5.74) is 2.89. The van der Waals surface area contributed by atoms with E-state index in [2.05, 4.69) is 0 Å². The number of hydrogen-bond donors (Lipinski definition) is 0. The fraction of sp³-hybridized carbons (Fsp3) is 0.182. The van der Waals surface area contributed by atoms with Gasteiger partial charge in [-0.1, -0.05) is 42.5 Å². The van der Waals surface area contributed by atoms with Gasteiger partial charge in [0.2, 0.25) is 0 Å². The lowest BCUT2D eigenvalue weighted by Crippen LogP contribution is -2.28. The molecule has 3 rings (SSSR count). The van der Waals surface area contributed by atoms with E-state index in [-0.39, 0.29) is 5.97 Å². The predicted molar refractivity (Wildman–Crippen MR) is 103 cm³/mol. The normalized spacial score (nSPS) is 16.0. The van der Waals surface area contributed by atoms with Gasteiger partial charge in [0.25, 0.3) is 0 Å². The standard InChI is InChI=1S/C22H21NO4/c1-26-21(24)16-13-14-19(22(25)27-2)20(15-16)23(17-9-5-3-6-10-17)18-11-7-4-8-12-18/h3-14,16H,15H2,1-2H3. The van der Waals surface area contributed by atoms with Crippen molar-refractivity contribution in [3.8, 4) is 0 Å². The average Bonchev–Trinajstić information content (AvgIpc) is 2.74. The Bertz CT molecular complexity index is 832. The van der Waals surface area contributed by atoms with Gasteiger partial charge in [0.05, 0.1) is 25.7 Å². The molecule has 5 nitrogen and oxygen atoms in total. The number of para-hydroxylation sites is 2. The van der Waals surface area contributed by atoms with E-state index in [9.17, 15) is 9.59 Å². The van der Waals surface area contributed by atoms with Crippen LogP contribution in [0.4, 0.5) is 11.4 Å². The summed E-state index contributed by atoms with van der Waals surface area (Å²) in [6.07, 6.45) is 3.66. The molecule has 0 heterocycles. The number of hydrogen-bond acceptors (Lipinski definition) is 5. The second kappa shape index (κ2) is 8.36. The Labute approximate surface area is 158 Å². The maximum Gasteiger partial charge on any atom is 0.339 e. The van der Waals surface area contributed by atoms with Gasteiger partial charge >= 0.3 is 11.9 Å². The summed E-state index contributed by atoms with van der Waals surface area (Å²) in [6.45, 7) is 0. The molecule has 0 amide bonds. The molecule has 138 valence electrons. The van der Waals surface area contributed by atoms with E-state index in [1.165, 1.54) is 14.2 Å². The van der Waals surface area contributed by atoms with E-state index < -0.39 is 11.9 Å². The van der Waals surface area contributed by atoms with Gasteiger partial charge in [-0.3, -0.25) is 4.79 Å². The van der Waals surface area contributed by atoms with Crippen LogP contribution in [0.3, 0.4) is 0 Å². The van der Waals surface area contributed by atoms with E-state index in [0.717, 1.165) is 11.4 Å². The number of rotatable bonds is 5. The van der Waals surface area contributed by atoms with Crippen molar-refractivity contribution in [3.63, 3.8) is 0 Å². The number of ether oxygens (including phenoxy) is 2. The zero-order valence-corrected chi connectivity index (χ0v) is 15.3. The molecule has 0 fully saturated rings. The lowest BCUT2D eigenvalue weighted by Gasteiger charge is -2.32. The van der Waals surface area contributed by atoms with Crippen molar-refractivity contribution in [1.29, 1.82) is 0 Å². The number of anilines is 2. The Morgan fingerprint density at radius 2 is 1.44 bits per heavy atom. The van der Waals surface area contributed by atoms with Gasteiger partial charge in [-0.15, -0.1) is 0 Å². The highest BCUT2D eigenvalue weighted by Gasteiger charge is 2.30. The van der Waals surface area contributed by atoms with Crippen LogP contribution in [0.1, 0.15) is 6.42 Å². The monoisotopic (exact) mass is 363 g/mol. The molecule has 0 aromatic heterocycles. The molecular formula is C22H21NO4. The Morgan fingerprint density at radius 3 is 1.93 bits per heavy atom. The molecule has 0 N–H and O–H groups in total. The zero-order valence-electron chi connectivity index (χ0n) is 15.3. The Hall–Kier alpha value is -3.34. The number of methoxy groups -OCH3 is 2. The minimum Gasteiger partial charge on any atom is -0.469 e. The molecule has 27 heavy (non-hydrogen) atoms. The molecule has 1 aliphatic rings. The third-order valence-corrected chi connectivity index (χ3v) is 4.43. The second-order valence-electron chi connectivity index (χ2n) is 6.05. The number of carbonyl (C=O) groups is 2. The number of esters is 2. The maximum atomic E-state index is 12.4. The molecule has 2 aromatic carbocycles. The molecule has 1 unspecified atom stereocenters. The third-order valence-electron chi connectivity index (χ3n) is 4.43. The van der Waals surface area contributed by atoms with Crippen molar-refractivity contribution >= 4 is 23.3 Å². The summed E-state index contributed by atoms with van der Waals surface area (Å²) >= 11 is 0. The molecular weight excluding hydrogens is 342 g/mol. The van der Waals surface area contributed by atoms with Gasteiger partial charge < -0.3 is 14.4 Å². The van der Waals surface area contributed by atoms with Crippen molar-refractivity contribution < 1.29 is 19.1 Å². The zero-order chi connectivity index (χ0) is 19.2. The van der Waals surface area contributed by atoms with Crippen LogP contribution < -0.4 is 4.90 Å². The van der Waals surface area contributed by atoms with E-state index in [1.54, 1.807) is 12.2 Å². The van der Waals surface area contributed by atoms with Crippen LogP contribution in [0, 0.1) is 5.92 Å². The van der Waals surface area contributed by atoms with Crippen molar-refractivity contribution in [2.75, 3.05) is 19.1 Å². The van der Waals surface area contributed by atoms with Crippen molar-refractivity contribution in [3.05, 3.63) is 84.1 Å². The fourth-order valence-corrected chi connectivity index (χ4v) is 3.13. The molecule has 0 radical (unpaired) electrons. The average molecular weight is 363 g/mol. The smallest absolute Gasteiger partial charge is 0.339 e. The van der Waals surface area contributed by atoms with Gasteiger partial charge in [0.1, 0.15) is 0 Å². The highest BCUT2D eigenvalue weighted by Crippen LogP contribution is 2.37. The first-order valence-electron chi connectivity index (χ1n) is 8.63. The Morgan fingerprint density at radius 1 is 0.889 bits per heavy atom. The van der Waals surface area contributed by atoms with E-state index >= 15 is 0 Å². The first-order valence-corrected chi connectivity index (χ1v) is 8.63. The highest BCUT2D eigenvalue weighted by molar-refractivity contribution is 5.95. The molecule has 0 aliphatic heterocycles. The maximum absolute atomic E-state index is 12.4. The molecule has 1 aliphatic carbocycles. The first-order chi connectivity index (χ1) is 13.2. The van der Waals surface area contributed by atoms with Crippen molar-refractivity contribution in [2.45, 2.75) is 6.42 Å². The molecule has 0 spiro atoms. The molecule has 1 atom stereocenters. The Balaban J connectivity index is 2.16. The van der Waals surface area contributed by atoms with Gasteiger partial charge in [0.15, 0.2) is 0 Å². The summed E-state index contributed by atoms with van der Waals surface area (Å²) in [5.74, 6) is -1.25. The van der Waals surface area contributed by atoms with Crippen molar-refractivity contribution in [1.82, 2.24) is 0 Å². The van der Waals surface area contributed by atoms with Crippen LogP contribution in [0.15, 0.2) is 84.1 Å². The Kier molecular flexibility index (Phi) is 5.71. The topological polar surface area (TPSA) is 55.8 Å². The molecule has 0 saturated carbocycles. The first kappa shape index (κ1) is 18.5. The summed E-state index contributed by atoms with van der Waals surface area (Å²) < 4.78 is 9.88. The van der Waals surface area contributed by atoms with Crippen LogP contribution in [0.2, 0.25) is 0 Å². The summed E-state index contributed by atoms with van der Waals surface area (Å²) in [5, 5.41) is 0. The van der Waals surface area contributed by atoms with Crippen LogP contribution in [-0.4, -0.2) is 26.2 Å². The minimum absolute atomic E-state index is 0.331. The van der Waals surface area contributed by atoms with Gasteiger partial charge in [0, 0.05) is 23.5 Å². The molecule has 2 aromatic rings. The molecule has 0 bridgehead atoms. The molecule has 5 heteroatoms. The van der Waals surface area contributed by atoms with Gasteiger partial charge in [-0.2, -0.15) is 0 Å². The van der Waals surface area contributed by atoms with Gasteiger partial charge in [-0.25, -0.2) is 4.79 Å². The van der Waals surface area contributed by atoms with E-state index in [0.29, 0.717) is 17.7 Å².